The molecule has 1 fully saturated rings. The monoisotopic (exact) mass is 467 g/mol. The number of H-pyrrole nitrogens is 1. The van der Waals surface area contributed by atoms with E-state index in [1.165, 1.54) is 12.5 Å². The Morgan fingerprint density at radius 2 is 1.85 bits per heavy atom. The molecule has 1 aliphatic heterocycles. The number of nitrogens with one attached hydrogen (secondary N) is 5. The molecule has 1 saturated heterocycles. The average molecular weight is 468 g/mol. The number of imidazole rings is 1. The van der Waals surface area contributed by atoms with Gasteiger partial charge >= 0.3 is 5.97 Å². The zero-order valence-corrected chi connectivity index (χ0v) is 18.4. The van der Waals surface area contributed by atoms with Crippen LogP contribution in [0.25, 0.3) is 0 Å². The maximum atomic E-state index is 12.9. The van der Waals surface area contributed by atoms with Crippen molar-refractivity contribution in [2.24, 2.45) is 5.73 Å². The number of hydrogen-bond donors (Lipinski definition) is 8. The van der Waals surface area contributed by atoms with E-state index in [-0.39, 0.29) is 12.8 Å². The summed E-state index contributed by atoms with van der Waals surface area (Å²) in [7, 11) is 0. The fraction of sp³-hybridized carbons (Fsp3) is 0.650. The number of nitrogens with two attached hydrogens (primary N) is 1. The van der Waals surface area contributed by atoms with Crippen molar-refractivity contribution in [3.63, 3.8) is 0 Å². The van der Waals surface area contributed by atoms with Crippen LogP contribution >= 0.6 is 0 Å². The third-order valence-electron chi connectivity index (χ3n) is 5.37. The number of unbranched alkanes of at least 4 members (excludes halogenated alkanes) is 1. The van der Waals surface area contributed by atoms with Crippen LogP contribution in [0.4, 0.5) is 0 Å². The molecule has 0 aromatic carbocycles. The number of aliphatic hydroxyl groups is 1. The molecule has 1 aromatic rings. The van der Waals surface area contributed by atoms with E-state index in [4.69, 9.17) is 5.73 Å². The lowest BCUT2D eigenvalue weighted by molar-refractivity contribution is -0.142. The Morgan fingerprint density at radius 1 is 1.12 bits per heavy atom. The molecular formula is C20H33N7O6. The minimum atomic E-state index is -1.25. The second kappa shape index (κ2) is 13.5. The summed E-state index contributed by atoms with van der Waals surface area (Å²) in [6, 6.07) is -3.99. The van der Waals surface area contributed by atoms with Crippen LogP contribution < -0.4 is 27.0 Å². The number of nitrogens with zero attached hydrogens (tertiary/aromatic N) is 1. The van der Waals surface area contributed by atoms with Gasteiger partial charge in [-0.15, -0.1) is 0 Å². The van der Waals surface area contributed by atoms with Gasteiger partial charge in [-0.25, -0.2) is 9.78 Å². The number of aromatic nitrogens is 2. The molecule has 9 N–H and O–H groups in total. The number of aliphatic hydroxyl groups excluding tert-OH is 1. The second-order valence-corrected chi connectivity index (χ2v) is 7.92. The molecule has 2 heterocycles. The minimum Gasteiger partial charge on any atom is -0.480 e. The van der Waals surface area contributed by atoms with Crippen molar-refractivity contribution in [1.82, 2.24) is 31.2 Å². The van der Waals surface area contributed by atoms with Crippen molar-refractivity contribution >= 4 is 23.7 Å². The lowest BCUT2D eigenvalue weighted by Crippen LogP contribution is -2.58. The number of aliphatic carboxylic acids is 1. The second-order valence-electron chi connectivity index (χ2n) is 7.92. The van der Waals surface area contributed by atoms with Gasteiger partial charge in [-0.1, -0.05) is 0 Å². The Morgan fingerprint density at radius 3 is 2.42 bits per heavy atom. The standard InChI is InChI=1S/C20H33N7O6/c21-6-2-1-4-14(18(30)26-15(20(32)33)8-12-9-22-11-24-12)25-19(31)16(10-28)27-17(29)13-5-3-7-23-13/h9,11,13-16,23,28H,1-8,10,21H2,(H,22,24)(H,25,31)(H,26,30)(H,27,29)(H,32,33). The van der Waals surface area contributed by atoms with Crippen LogP contribution in [-0.4, -0.2) is 87.7 Å². The Balaban J connectivity index is 2.02. The molecule has 0 spiro atoms. The zero-order chi connectivity index (χ0) is 24.2. The maximum absolute atomic E-state index is 12.9. The predicted molar refractivity (Wildman–Crippen MR) is 117 cm³/mol. The van der Waals surface area contributed by atoms with E-state index in [2.05, 4.69) is 31.2 Å². The first kappa shape index (κ1) is 26.2. The van der Waals surface area contributed by atoms with Crippen molar-refractivity contribution in [1.29, 1.82) is 0 Å². The summed E-state index contributed by atoms with van der Waals surface area (Å²) in [6.45, 7) is 0.434. The molecule has 0 aliphatic carbocycles. The molecule has 184 valence electrons. The van der Waals surface area contributed by atoms with Crippen LogP contribution in [0.2, 0.25) is 0 Å². The SMILES string of the molecule is NCCCCC(NC(=O)C(CO)NC(=O)C1CCCN1)C(=O)NC(Cc1cnc[nH]1)C(=O)O. The highest BCUT2D eigenvalue weighted by molar-refractivity contribution is 5.94. The first-order valence-electron chi connectivity index (χ1n) is 11.0. The summed E-state index contributed by atoms with van der Waals surface area (Å²) in [5, 5.41) is 29.6. The van der Waals surface area contributed by atoms with Crippen molar-refractivity contribution in [2.45, 2.75) is 62.7 Å². The van der Waals surface area contributed by atoms with E-state index in [0.717, 1.165) is 6.42 Å². The van der Waals surface area contributed by atoms with Gasteiger partial charge in [0.2, 0.25) is 17.7 Å². The lowest BCUT2D eigenvalue weighted by Gasteiger charge is -2.24. The van der Waals surface area contributed by atoms with Crippen molar-refractivity contribution in [2.75, 3.05) is 19.7 Å². The largest absolute Gasteiger partial charge is 0.480 e. The Kier molecular flexibility index (Phi) is 10.7. The van der Waals surface area contributed by atoms with Crippen molar-refractivity contribution < 1.29 is 29.4 Å². The van der Waals surface area contributed by atoms with E-state index < -0.39 is 54.5 Å². The molecule has 33 heavy (non-hydrogen) atoms. The van der Waals surface area contributed by atoms with Gasteiger partial charge in [-0.05, 0) is 45.2 Å². The number of carbonyl (C=O) groups excluding carboxylic acids is 3. The zero-order valence-electron chi connectivity index (χ0n) is 18.4. The van der Waals surface area contributed by atoms with Crippen LogP contribution in [0.5, 0.6) is 0 Å². The fourth-order valence-electron chi connectivity index (χ4n) is 3.50. The van der Waals surface area contributed by atoms with E-state index in [1.807, 2.05) is 0 Å². The van der Waals surface area contributed by atoms with Gasteiger partial charge in [-0.3, -0.25) is 14.4 Å². The minimum absolute atomic E-state index is 0.0196. The molecule has 1 aliphatic rings. The van der Waals surface area contributed by atoms with Crippen LogP contribution in [0.1, 0.15) is 37.8 Å². The molecule has 2 rings (SSSR count). The number of amides is 3. The molecule has 4 unspecified atom stereocenters. The predicted octanol–water partition coefficient (Wildman–Crippen LogP) is -2.64. The molecule has 13 heteroatoms. The number of rotatable bonds is 14. The van der Waals surface area contributed by atoms with Gasteiger partial charge in [0.05, 0.1) is 19.0 Å². The summed E-state index contributed by atoms with van der Waals surface area (Å²) in [6.07, 6.45) is 5.62. The maximum Gasteiger partial charge on any atom is 0.326 e. The number of hydrogen-bond acceptors (Lipinski definition) is 8. The lowest BCUT2D eigenvalue weighted by atomic mass is 10.1. The number of carbonyl (C=O) groups is 4. The van der Waals surface area contributed by atoms with Crippen LogP contribution in [0, 0.1) is 0 Å². The Bertz CT molecular complexity index is 782. The van der Waals surface area contributed by atoms with Crippen molar-refractivity contribution in [3.05, 3.63) is 18.2 Å². The number of carboxylic acid groups (broad SMARTS) is 1. The highest BCUT2D eigenvalue weighted by atomic mass is 16.4. The van der Waals surface area contributed by atoms with E-state index >= 15 is 0 Å². The normalized spacial score (nSPS) is 18.2. The molecule has 0 saturated carbocycles. The summed E-state index contributed by atoms with van der Waals surface area (Å²) in [5.74, 6) is -3.07. The summed E-state index contributed by atoms with van der Waals surface area (Å²) in [5.41, 5.74) is 6.03. The average Bonchev–Trinajstić information content (AvgIpc) is 3.50. The third-order valence-corrected chi connectivity index (χ3v) is 5.37. The molecule has 4 atom stereocenters. The molecule has 3 amide bonds. The molecule has 1 aromatic heterocycles. The van der Waals surface area contributed by atoms with E-state index in [1.54, 1.807) is 0 Å². The summed E-state index contributed by atoms with van der Waals surface area (Å²) in [4.78, 5) is 56.1. The Hall–Kier alpha value is -3.03. The first-order chi connectivity index (χ1) is 15.8. The van der Waals surface area contributed by atoms with E-state index in [0.29, 0.717) is 38.0 Å². The molecule has 0 bridgehead atoms. The first-order valence-corrected chi connectivity index (χ1v) is 11.0. The quantitative estimate of drug-likeness (QED) is 0.134. The smallest absolute Gasteiger partial charge is 0.326 e. The number of aromatic amines is 1. The third kappa shape index (κ3) is 8.44. The van der Waals surface area contributed by atoms with Gasteiger partial charge < -0.3 is 42.2 Å². The molecule has 13 nitrogen and oxygen atoms in total. The van der Waals surface area contributed by atoms with Gasteiger partial charge in [0, 0.05) is 18.3 Å². The van der Waals surface area contributed by atoms with Crippen LogP contribution in [0.15, 0.2) is 12.5 Å². The number of carboxylic acids is 1. The van der Waals surface area contributed by atoms with Crippen LogP contribution in [0.3, 0.4) is 0 Å². The topological polar surface area (TPSA) is 212 Å². The fourth-order valence-corrected chi connectivity index (χ4v) is 3.50. The molecule has 0 radical (unpaired) electrons. The van der Waals surface area contributed by atoms with Crippen LogP contribution in [-0.2, 0) is 25.6 Å². The van der Waals surface area contributed by atoms with Gasteiger partial charge in [0.15, 0.2) is 0 Å². The molecular weight excluding hydrogens is 434 g/mol. The van der Waals surface area contributed by atoms with Gasteiger partial charge in [0.1, 0.15) is 18.1 Å². The Labute approximate surface area is 191 Å². The van der Waals surface area contributed by atoms with Crippen molar-refractivity contribution in [3.8, 4) is 0 Å². The highest BCUT2D eigenvalue weighted by Crippen LogP contribution is 2.07. The van der Waals surface area contributed by atoms with Gasteiger partial charge in [0.25, 0.3) is 0 Å². The highest BCUT2D eigenvalue weighted by Gasteiger charge is 2.31. The van der Waals surface area contributed by atoms with E-state index in [9.17, 15) is 29.4 Å². The summed E-state index contributed by atoms with van der Waals surface area (Å²) >= 11 is 0. The van der Waals surface area contributed by atoms with Gasteiger partial charge in [-0.2, -0.15) is 0 Å². The summed E-state index contributed by atoms with van der Waals surface area (Å²) < 4.78 is 0.